The summed E-state index contributed by atoms with van der Waals surface area (Å²) in [6.45, 7) is 3.36. The van der Waals surface area contributed by atoms with E-state index < -0.39 is 0 Å². The first-order chi connectivity index (χ1) is 12.3. The molecule has 25 heavy (non-hydrogen) atoms. The number of thiophene rings is 1. The number of hydrogen-bond donors (Lipinski definition) is 0. The van der Waals surface area contributed by atoms with E-state index in [0.717, 1.165) is 30.5 Å². The number of hydrogen-bond acceptors (Lipinski definition) is 3. The zero-order valence-corrected chi connectivity index (χ0v) is 15.1. The molecule has 0 spiro atoms. The number of nitrogens with zero attached hydrogens (tertiary/aromatic N) is 3. The number of aromatic nitrogens is 2. The van der Waals surface area contributed by atoms with Crippen LogP contribution in [0, 0.1) is 0 Å². The maximum atomic E-state index is 13.2. The molecule has 0 bridgehead atoms. The summed E-state index contributed by atoms with van der Waals surface area (Å²) >= 11 is 1.69. The number of para-hydroxylation sites is 1. The average Bonchev–Trinajstić information content (AvgIpc) is 3.37. The molecule has 128 valence electrons. The summed E-state index contributed by atoms with van der Waals surface area (Å²) < 4.78 is 1.97. The molecule has 1 amide bonds. The minimum absolute atomic E-state index is 0.0451. The Morgan fingerprint density at radius 2 is 2.04 bits per heavy atom. The molecule has 0 saturated carbocycles. The van der Waals surface area contributed by atoms with Crippen molar-refractivity contribution >= 4 is 17.2 Å². The fraction of sp³-hybridized carbons (Fsp3) is 0.300. The Balaban J connectivity index is 1.69. The van der Waals surface area contributed by atoms with Crippen molar-refractivity contribution in [2.75, 3.05) is 6.54 Å². The van der Waals surface area contributed by atoms with Gasteiger partial charge in [-0.1, -0.05) is 24.3 Å². The van der Waals surface area contributed by atoms with Crippen molar-refractivity contribution in [1.29, 1.82) is 0 Å². The van der Waals surface area contributed by atoms with Crippen molar-refractivity contribution in [3.05, 3.63) is 69.7 Å². The molecule has 1 aliphatic carbocycles. The summed E-state index contributed by atoms with van der Waals surface area (Å²) in [4.78, 5) is 16.3. The highest BCUT2D eigenvalue weighted by Crippen LogP contribution is 2.29. The molecular formula is C20H21N3OS. The van der Waals surface area contributed by atoms with Gasteiger partial charge < -0.3 is 4.90 Å². The predicted octanol–water partition coefficient (Wildman–Crippen LogP) is 4.08. The smallest absolute Gasteiger partial charge is 0.274 e. The Kier molecular flexibility index (Phi) is 4.40. The highest BCUT2D eigenvalue weighted by atomic mass is 32.1. The number of carbonyl (C=O) groups excluding carboxylic acids is 1. The third-order valence-electron chi connectivity index (χ3n) is 4.73. The lowest BCUT2D eigenvalue weighted by molar-refractivity contribution is 0.0746. The molecule has 3 aromatic rings. The van der Waals surface area contributed by atoms with Crippen LogP contribution in [0.1, 0.15) is 40.0 Å². The first-order valence-corrected chi connectivity index (χ1v) is 9.63. The monoisotopic (exact) mass is 351 g/mol. The molecule has 0 radical (unpaired) electrons. The van der Waals surface area contributed by atoms with Crippen LogP contribution in [0.15, 0.2) is 47.8 Å². The van der Waals surface area contributed by atoms with Crippen LogP contribution < -0.4 is 0 Å². The Morgan fingerprint density at radius 1 is 1.20 bits per heavy atom. The Labute approximate surface area is 151 Å². The maximum absolute atomic E-state index is 13.2. The van der Waals surface area contributed by atoms with Crippen molar-refractivity contribution < 1.29 is 4.79 Å². The van der Waals surface area contributed by atoms with E-state index in [1.807, 2.05) is 52.9 Å². The lowest BCUT2D eigenvalue weighted by atomic mass is 10.2. The Bertz CT molecular complexity index is 868. The van der Waals surface area contributed by atoms with Gasteiger partial charge in [-0.15, -0.1) is 11.3 Å². The molecule has 0 unspecified atom stereocenters. The van der Waals surface area contributed by atoms with E-state index in [-0.39, 0.29) is 5.91 Å². The third-order valence-corrected chi connectivity index (χ3v) is 5.59. The van der Waals surface area contributed by atoms with Gasteiger partial charge in [-0.25, -0.2) is 4.68 Å². The molecule has 5 heteroatoms. The molecule has 0 aliphatic heterocycles. The van der Waals surface area contributed by atoms with E-state index in [2.05, 4.69) is 11.4 Å². The lowest BCUT2D eigenvalue weighted by Gasteiger charge is -2.19. The van der Waals surface area contributed by atoms with Crippen LogP contribution in [0.4, 0.5) is 0 Å². The second-order valence-electron chi connectivity index (χ2n) is 6.27. The molecule has 1 aromatic carbocycles. The lowest BCUT2D eigenvalue weighted by Crippen LogP contribution is -2.31. The summed E-state index contributed by atoms with van der Waals surface area (Å²) in [5.74, 6) is 0.0451. The molecule has 0 atom stereocenters. The molecule has 0 fully saturated rings. The molecule has 0 N–H and O–H groups in total. The summed E-state index contributed by atoms with van der Waals surface area (Å²) in [5, 5.41) is 6.78. The third kappa shape index (κ3) is 3.00. The Morgan fingerprint density at radius 3 is 2.76 bits per heavy atom. The van der Waals surface area contributed by atoms with E-state index >= 15 is 0 Å². The number of carbonyl (C=O) groups is 1. The Hall–Kier alpha value is -2.40. The summed E-state index contributed by atoms with van der Waals surface area (Å²) in [6.07, 6.45) is 3.03. The number of amides is 1. The zero-order chi connectivity index (χ0) is 17.2. The van der Waals surface area contributed by atoms with E-state index in [1.165, 1.54) is 10.6 Å². The van der Waals surface area contributed by atoms with Crippen LogP contribution in [-0.4, -0.2) is 27.1 Å². The summed E-state index contributed by atoms with van der Waals surface area (Å²) in [5.41, 5.74) is 4.00. The van der Waals surface area contributed by atoms with Crippen molar-refractivity contribution in [2.45, 2.75) is 32.7 Å². The molecule has 4 rings (SSSR count). The first kappa shape index (κ1) is 16.1. The van der Waals surface area contributed by atoms with E-state index in [1.54, 1.807) is 11.3 Å². The fourth-order valence-electron chi connectivity index (χ4n) is 3.46. The quantitative estimate of drug-likeness (QED) is 0.694. The normalized spacial score (nSPS) is 13.0. The van der Waals surface area contributed by atoms with Gasteiger partial charge in [-0.05, 0) is 49.8 Å². The largest absolute Gasteiger partial charge is 0.332 e. The van der Waals surface area contributed by atoms with Crippen molar-refractivity contribution in [3.8, 4) is 5.69 Å². The van der Waals surface area contributed by atoms with Crippen LogP contribution in [0.2, 0.25) is 0 Å². The highest BCUT2D eigenvalue weighted by molar-refractivity contribution is 7.09. The van der Waals surface area contributed by atoms with Crippen LogP contribution in [0.25, 0.3) is 5.69 Å². The van der Waals surface area contributed by atoms with Crippen molar-refractivity contribution in [3.63, 3.8) is 0 Å². The highest BCUT2D eigenvalue weighted by Gasteiger charge is 2.29. The van der Waals surface area contributed by atoms with E-state index in [0.29, 0.717) is 18.8 Å². The van der Waals surface area contributed by atoms with Gasteiger partial charge in [0.05, 0.1) is 12.2 Å². The van der Waals surface area contributed by atoms with Gasteiger partial charge in [0.15, 0.2) is 5.69 Å². The zero-order valence-electron chi connectivity index (χ0n) is 14.3. The number of benzene rings is 1. The van der Waals surface area contributed by atoms with Gasteiger partial charge in [0.1, 0.15) is 0 Å². The van der Waals surface area contributed by atoms with E-state index in [4.69, 9.17) is 5.10 Å². The van der Waals surface area contributed by atoms with Crippen LogP contribution >= 0.6 is 11.3 Å². The maximum Gasteiger partial charge on any atom is 0.274 e. The summed E-state index contributed by atoms with van der Waals surface area (Å²) in [6, 6.07) is 14.2. The predicted molar refractivity (Wildman–Crippen MR) is 100 cm³/mol. The van der Waals surface area contributed by atoms with Crippen LogP contribution in [-0.2, 0) is 19.4 Å². The fourth-order valence-corrected chi connectivity index (χ4v) is 4.18. The first-order valence-electron chi connectivity index (χ1n) is 8.75. The van der Waals surface area contributed by atoms with Crippen molar-refractivity contribution in [1.82, 2.24) is 14.7 Å². The summed E-state index contributed by atoms with van der Waals surface area (Å²) in [7, 11) is 0. The second kappa shape index (κ2) is 6.84. The number of fused-ring (bicyclic) bond motifs is 1. The average molecular weight is 351 g/mol. The molecular weight excluding hydrogens is 330 g/mol. The molecule has 2 heterocycles. The van der Waals surface area contributed by atoms with Gasteiger partial charge in [0, 0.05) is 22.7 Å². The number of rotatable bonds is 5. The van der Waals surface area contributed by atoms with Crippen LogP contribution in [0.3, 0.4) is 0 Å². The molecule has 4 nitrogen and oxygen atoms in total. The van der Waals surface area contributed by atoms with Crippen molar-refractivity contribution in [2.24, 2.45) is 0 Å². The molecule has 2 aromatic heterocycles. The van der Waals surface area contributed by atoms with Gasteiger partial charge in [0.25, 0.3) is 5.91 Å². The molecule has 0 saturated heterocycles. The van der Waals surface area contributed by atoms with Gasteiger partial charge >= 0.3 is 0 Å². The van der Waals surface area contributed by atoms with Crippen LogP contribution in [0.5, 0.6) is 0 Å². The van der Waals surface area contributed by atoms with Gasteiger partial charge in [0.2, 0.25) is 0 Å². The topological polar surface area (TPSA) is 38.1 Å². The standard InChI is InChI=1S/C20H21N3OS/c1-2-22(14-16-10-7-13-25-16)20(24)19-17-11-6-12-18(17)23(21-19)15-8-4-3-5-9-15/h3-5,7-10,13H,2,6,11-12,14H2,1H3. The van der Waals surface area contributed by atoms with E-state index in [9.17, 15) is 4.79 Å². The minimum atomic E-state index is 0.0451. The molecule has 1 aliphatic rings. The minimum Gasteiger partial charge on any atom is -0.332 e. The SMILES string of the molecule is CCN(Cc1cccs1)C(=O)c1nn(-c2ccccc2)c2c1CCC2. The van der Waals surface area contributed by atoms with Gasteiger partial charge in [-0.2, -0.15) is 5.10 Å². The second-order valence-corrected chi connectivity index (χ2v) is 7.31. The van der Waals surface area contributed by atoms with Gasteiger partial charge in [-0.3, -0.25) is 4.79 Å².